The van der Waals surface area contributed by atoms with Crippen molar-refractivity contribution in [2.45, 2.75) is 70.8 Å². The number of ether oxygens (including phenoxy) is 1. The van der Waals surface area contributed by atoms with Crippen LogP contribution in [0.15, 0.2) is 36.4 Å². The van der Waals surface area contributed by atoms with E-state index < -0.39 is 17.8 Å². The topological polar surface area (TPSA) is 53.1 Å². The van der Waals surface area contributed by atoms with Gasteiger partial charge in [0.25, 0.3) is 0 Å². The van der Waals surface area contributed by atoms with Crippen molar-refractivity contribution in [3.63, 3.8) is 0 Å². The van der Waals surface area contributed by atoms with Gasteiger partial charge < -0.3 is 19.4 Å². The number of hydrogen-bond acceptors (Lipinski definition) is 3. The number of fused-ring (bicyclic) bond motifs is 1. The zero-order valence-corrected chi connectivity index (χ0v) is 22.8. The van der Waals surface area contributed by atoms with Crippen molar-refractivity contribution in [1.82, 2.24) is 14.7 Å². The first-order valence-corrected chi connectivity index (χ1v) is 13.0. The molecule has 38 heavy (non-hydrogen) atoms. The molecule has 6 nitrogen and oxygen atoms in total. The summed E-state index contributed by atoms with van der Waals surface area (Å²) in [6.07, 6.45) is -3.42. The van der Waals surface area contributed by atoms with Crippen molar-refractivity contribution in [2.24, 2.45) is 0 Å². The molecular formula is C29H36F3N3O3. The number of halogens is 3. The molecule has 0 aromatic heterocycles. The van der Waals surface area contributed by atoms with Crippen LogP contribution in [0.3, 0.4) is 0 Å². The van der Waals surface area contributed by atoms with Crippen LogP contribution in [0.1, 0.15) is 79.4 Å². The highest BCUT2D eigenvalue weighted by atomic mass is 19.4. The minimum absolute atomic E-state index is 0.0829. The van der Waals surface area contributed by atoms with E-state index >= 15 is 0 Å². The number of hydrogen-bond donors (Lipinski definition) is 0. The number of carbonyl (C=O) groups excluding carboxylic acids is 2. The zero-order chi connectivity index (χ0) is 27.9. The molecule has 2 aromatic carbocycles. The normalized spacial score (nSPS) is 20.5. The van der Waals surface area contributed by atoms with Crippen LogP contribution in [0.25, 0.3) is 0 Å². The molecule has 0 spiro atoms. The average molecular weight is 532 g/mol. The first-order valence-electron chi connectivity index (χ1n) is 13.0. The summed E-state index contributed by atoms with van der Waals surface area (Å²) in [5, 5.41) is 0. The smallest absolute Gasteiger partial charge is 0.416 e. The average Bonchev–Trinajstić information content (AvgIpc) is 3.27. The standard InChI is InChI=1S/C29H36F3N3O3/c1-17(2)20-14-21(16-22(15-20)29(30,31)32)19(4)33(5)28(37)35-13-12-34-24(10-11-26(34)36)27(35)23-8-7-9-25(38-6)18(23)3/h7-9,14-17,19,24,27H,10-13H2,1-6H3. The number of benzene rings is 2. The van der Waals surface area contributed by atoms with Crippen molar-refractivity contribution in [1.29, 1.82) is 0 Å². The number of amides is 3. The number of rotatable bonds is 5. The summed E-state index contributed by atoms with van der Waals surface area (Å²) in [7, 11) is 3.22. The van der Waals surface area contributed by atoms with Gasteiger partial charge in [0.2, 0.25) is 5.91 Å². The van der Waals surface area contributed by atoms with Gasteiger partial charge >= 0.3 is 12.2 Å². The second kappa shape index (κ2) is 10.5. The highest BCUT2D eigenvalue weighted by molar-refractivity contribution is 5.81. The maximum Gasteiger partial charge on any atom is 0.416 e. The summed E-state index contributed by atoms with van der Waals surface area (Å²) < 4.78 is 46.6. The Kier molecular flexibility index (Phi) is 7.68. The van der Waals surface area contributed by atoms with Crippen molar-refractivity contribution in [2.75, 3.05) is 27.2 Å². The number of carbonyl (C=O) groups is 2. The predicted octanol–water partition coefficient (Wildman–Crippen LogP) is 6.31. The molecule has 0 aliphatic carbocycles. The molecule has 206 valence electrons. The number of methoxy groups -OCH3 is 1. The molecule has 0 radical (unpaired) electrons. The van der Waals surface area contributed by atoms with Crippen LogP contribution < -0.4 is 4.74 Å². The molecule has 4 rings (SSSR count). The molecule has 0 bridgehead atoms. The van der Waals surface area contributed by atoms with Crippen LogP contribution in [-0.2, 0) is 11.0 Å². The van der Waals surface area contributed by atoms with E-state index in [9.17, 15) is 22.8 Å². The molecular weight excluding hydrogens is 495 g/mol. The van der Waals surface area contributed by atoms with Crippen LogP contribution in [0.5, 0.6) is 5.75 Å². The van der Waals surface area contributed by atoms with Gasteiger partial charge in [0.15, 0.2) is 0 Å². The van der Waals surface area contributed by atoms with Gasteiger partial charge in [-0.1, -0.05) is 32.0 Å². The summed E-state index contributed by atoms with van der Waals surface area (Å²) in [4.78, 5) is 31.8. The van der Waals surface area contributed by atoms with E-state index in [0.29, 0.717) is 42.8 Å². The van der Waals surface area contributed by atoms with Gasteiger partial charge in [0, 0.05) is 26.6 Å². The molecule has 2 saturated heterocycles. The fourth-order valence-corrected chi connectivity index (χ4v) is 5.71. The first-order chi connectivity index (χ1) is 17.8. The van der Waals surface area contributed by atoms with E-state index in [1.54, 1.807) is 32.0 Å². The van der Waals surface area contributed by atoms with E-state index in [1.807, 2.05) is 43.9 Å². The van der Waals surface area contributed by atoms with Crippen molar-refractivity contribution in [3.8, 4) is 5.75 Å². The first kappa shape index (κ1) is 27.8. The second-order valence-corrected chi connectivity index (χ2v) is 10.6. The Labute approximate surface area is 222 Å². The van der Waals surface area contributed by atoms with Crippen molar-refractivity contribution >= 4 is 11.9 Å². The van der Waals surface area contributed by atoms with E-state index in [0.717, 1.165) is 17.2 Å². The summed E-state index contributed by atoms with van der Waals surface area (Å²) in [6.45, 7) is 8.15. The molecule has 2 aromatic rings. The lowest BCUT2D eigenvalue weighted by Crippen LogP contribution is -2.57. The van der Waals surface area contributed by atoms with Gasteiger partial charge in [-0.2, -0.15) is 13.2 Å². The van der Waals surface area contributed by atoms with Gasteiger partial charge in [-0.15, -0.1) is 0 Å². The molecule has 3 amide bonds. The largest absolute Gasteiger partial charge is 0.496 e. The Hall–Kier alpha value is -3.23. The molecule has 2 aliphatic heterocycles. The second-order valence-electron chi connectivity index (χ2n) is 10.6. The number of nitrogens with zero attached hydrogens (tertiary/aromatic N) is 3. The Morgan fingerprint density at radius 3 is 2.42 bits per heavy atom. The van der Waals surface area contributed by atoms with Crippen LogP contribution in [0.2, 0.25) is 0 Å². The lowest BCUT2D eigenvalue weighted by atomic mass is 9.90. The van der Waals surface area contributed by atoms with Gasteiger partial charge in [0.1, 0.15) is 5.75 Å². The third-order valence-corrected chi connectivity index (χ3v) is 8.10. The SMILES string of the molecule is COc1cccc(C2C3CCC(=O)N3CCN2C(=O)N(C)C(C)c2cc(C(C)C)cc(C(F)(F)F)c2)c1C. The van der Waals surface area contributed by atoms with E-state index in [-0.39, 0.29) is 29.9 Å². The number of urea groups is 1. The summed E-state index contributed by atoms with van der Waals surface area (Å²) in [6, 6.07) is 8.33. The predicted molar refractivity (Wildman–Crippen MR) is 139 cm³/mol. The summed E-state index contributed by atoms with van der Waals surface area (Å²) in [5.41, 5.74) is 2.10. The van der Waals surface area contributed by atoms with Crippen LogP contribution in [0.4, 0.5) is 18.0 Å². The van der Waals surface area contributed by atoms with Crippen LogP contribution in [-0.4, -0.2) is 59.9 Å². The highest BCUT2D eigenvalue weighted by Gasteiger charge is 2.46. The maximum absolute atomic E-state index is 14.0. The van der Waals surface area contributed by atoms with Gasteiger partial charge in [-0.05, 0) is 66.6 Å². The molecule has 2 aliphatic rings. The third kappa shape index (κ3) is 5.07. The van der Waals surface area contributed by atoms with Crippen molar-refractivity contribution in [3.05, 3.63) is 64.2 Å². The third-order valence-electron chi connectivity index (χ3n) is 8.10. The molecule has 0 saturated carbocycles. The number of alkyl halides is 3. The lowest BCUT2D eigenvalue weighted by Gasteiger charge is -2.47. The minimum atomic E-state index is -4.48. The van der Waals surface area contributed by atoms with Crippen LogP contribution in [0, 0.1) is 6.92 Å². The molecule has 0 N–H and O–H groups in total. The molecule has 3 atom stereocenters. The van der Waals surface area contributed by atoms with Gasteiger partial charge in [0.05, 0.1) is 30.8 Å². The summed E-state index contributed by atoms with van der Waals surface area (Å²) >= 11 is 0. The van der Waals surface area contributed by atoms with E-state index in [2.05, 4.69) is 0 Å². The van der Waals surface area contributed by atoms with Gasteiger partial charge in [-0.25, -0.2) is 4.79 Å². The van der Waals surface area contributed by atoms with E-state index in [4.69, 9.17) is 4.74 Å². The maximum atomic E-state index is 14.0. The fourth-order valence-electron chi connectivity index (χ4n) is 5.71. The molecule has 9 heteroatoms. The lowest BCUT2D eigenvalue weighted by molar-refractivity contribution is -0.137. The summed E-state index contributed by atoms with van der Waals surface area (Å²) in [5.74, 6) is 0.681. The Morgan fingerprint density at radius 1 is 1.11 bits per heavy atom. The van der Waals surface area contributed by atoms with Gasteiger partial charge in [-0.3, -0.25) is 4.79 Å². The zero-order valence-electron chi connectivity index (χ0n) is 22.8. The monoisotopic (exact) mass is 531 g/mol. The van der Waals surface area contributed by atoms with E-state index in [1.165, 1.54) is 11.0 Å². The molecule has 2 heterocycles. The Balaban J connectivity index is 1.71. The Morgan fingerprint density at radius 2 is 1.79 bits per heavy atom. The van der Waals surface area contributed by atoms with Crippen molar-refractivity contribution < 1.29 is 27.5 Å². The molecule has 2 fully saturated rings. The quantitative estimate of drug-likeness (QED) is 0.455. The Bertz CT molecular complexity index is 1210. The fraction of sp³-hybridized carbons (Fsp3) is 0.517. The highest BCUT2D eigenvalue weighted by Crippen LogP contribution is 2.42. The minimum Gasteiger partial charge on any atom is -0.496 e. The number of piperazine rings is 1. The molecule has 3 unspecified atom stereocenters. The van der Waals surface area contributed by atoms with Crippen LogP contribution >= 0.6 is 0 Å².